The van der Waals surface area contributed by atoms with E-state index in [1.54, 1.807) is 5.51 Å². The maximum atomic E-state index is 11.9. The van der Waals surface area contributed by atoms with Crippen molar-refractivity contribution in [3.05, 3.63) is 16.6 Å². The molecule has 1 fully saturated rings. The highest BCUT2D eigenvalue weighted by Crippen LogP contribution is 2.25. The molecule has 0 aliphatic carbocycles. The topological polar surface area (TPSA) is 63.2 Å². The van der Waals surface area contributed by atoms with Crippen LogP contribution < -0.4 is 10.6 Å². The van der Waals surface area contributed by atoms with Crippen molar-refractivity contribution in [3.8, 4) is 0 Å². The minimum Gasteiger partial charge on any atom is -0.378 e. The van der Waals surface area contributed by atoms with Gasteiger partial charge in [0, 0.05) is 18.0 Å². The summed E-state index contributed by atoms with van der Waals surface area (Å²) in [6.45, 7) is 5.62. The molecule has 1 aromatic heterocycles. The molecule has 1 saturated heterocycles. The zero-order valence-electron chi connectivity index (χ0n) is 12.8. The lowest BCUT2D eigenvalue weighted by atomic mass is 9.89. The van der Waals surface area contributed by atoms with Gasteiger partial charge in [-0.3, -0.25) is 0 Å². The van der Waals surface area contributed by atoms with E-state index in [0.717, 1.165) is 38.0 Å². The summed E-state index contributed by atoms with van der Waals surface area (Å²) in [4.78, 5) is 16.1. The Hall–Kier alpha value is -1.14. The smallest absolute Gasteiger partial charge is 0.315 e. The molecule has 0 radical (unpaired) electrons. The van der Waals surface area contributed by atoms with Gasteiger partial charge in [0.05, 0.1) is 23.9 Å². The fraction of sp³-hybridized carbons (Fsp3) is 0.733. The van der Waals surface area contributed by atoms with E-state index in [1.807, 2.05) is 5.38 Å². The van der Waals surface area contributed by atoms with Gasteiger partial charge in [0.1, 0.15) is 0 Å². The molecule has 1 aliphatic rings. The maximum Gasteiger partial charge on any atom is 0.315 e. The number of rotatable bonds is 6. The first-order valence-electron chi connectivity index (χ1n) is 7.75. The molecule has 5 nitrogen and oxygen atoms in total. The van der Waals surface area contributed by atoms with Crippen LogP contribution in [0, 0.1) is 5.92 Å². The number of carbonyl (C=O) groups is 1. The third-order valence-electron chi connectivity index (χ3n) is 4.14. The van der Waals surface area contributed by atoms with Crippen molar-refractivity contribution in [2.75, 3.05) is 6.61 Å². The van der Waals surface area contributed by atoms with Crippen molar-refractivity contribution in [1.82, 2.24) is 15.6 Å². The summed E-state index contributed by atoms with van der Waals surface area (Å²) >= 11 is 1.54. The monoisotopic (exact) mass is 311 g/mol. The van der Waals surface area contributed by atoms with Crippen LogP contribution in [-0.4, -0.2) is 29.8 Å². The third kappa shape index (κ3) is 4.97. The highest BCUT2D eigenvalue weighted by atomic mass is 32.1. The van der Waals surface area contributed by atoms with Gasteiger partial charge in [-0.1, -0.05) is 26.7 Å². The molecule has 2 N–H and O–H groups in total. The van der Waals surface area contributed by atoms with E-state index >= 15 is 0 Å². The first-order valence-corrected chi connectivity index (χ1v) is 8.70. The van der Waals surface area contributed by atoms with Crippen molar-refractivity contribution in [1.29, 1.82) is 0 Å². The number of amides is 2. The van der Waals surface area contributed by atoms with Crippen molar-refractivity contribution >= 4 is 17.4 Å². The fourth-order valence-corrected chi connectivity index (χ4v) is 3.39. The predicted molar refractivity (Wildman–Crippen MR) is 84.3 cm³/mol. The Morgan fingerprint density at radius 1 is 1.52 bits per heavy atom. The average molecular weight is 311 g/mol. The highest BCUT2D eigenvalue weighted by molar-refractivity contribution is 7.07. The lowest BCUT2D eigenvalue weighted by molar-refractivity contribution is -0.0331. The van der Waals surface area contributed by atoms with Crippen molar-refractivity contribution in [2.24, 2.45) is 5.92 Å². The second kappa shape index (κ2) is 8.34. The van der Waals surface area contributed by atoms with Crippen molar-refractivity contribution < 1.29 is 9.53 Å². The van der Waals surface area contributed by atoms with E-state index in [4.69, 9.17) is 4.74 Å². The fourth-order valence-electron chi connectivity index (χ4n) is 2.83. The number of aromatic nitrogens is 1. The van der Waals surface area contributed by atoms with E-state index in [0.29, 0.717) is 12.5 Å². The van der Waals surface area contributed by atoms with Gasteiger partial charge in [-0.2, -0.15) is 0 Å². The molecular formula is C15H25N3O2S. The predicted octanol–water partition coefficient (Wildman–Crippen LogP) is 2.93. The number of hydrogen-bond acceptors (Lipinski definition) is 4. The molecular weight excluding hydrogens is 286 g/mol. The molecule has 1 aromatic rings. The number of hydrogen-bond donors (Lipinski definition) is 2. The van der Waals surface area contributed by atoms with Crippen LogP contribution in [0.4, 0.5) is 4.79 Å². The summed E-state index contributed by atoms with van der Waals surface area (Å²) in [7, 11) is 0. The Bertz CT molecular complexity index is 421. The van der Waals surface area contributed by atoms with Gasteiger partial charge in [0.25, 0.3) is 0 Å². The molecule has 2 amide bonds. The van der Waals surface area contributed by atoms with E-state index in [-0.39, 0.29) is 18.2 Å². The summed E-state index contributed by atoms with van der Waals surface area (Å²) in [5, 5.41) is 7.86. The second-order valence-corrected chi connectivity index (χ2v) is 6.23. The number of nitrogens with zero attached hydrogens (tertiary/aromatic N) is 1. The van der Waals surface area contributed by atoms with E-state index in [2.05, 4.69) is 29.5 Å². The van der Waals surface area contributed by atoms with Gasteiger partial charge in [-0.25, -0.2) is 9.78 Å². The minimum atomic E-state index is -0.113. The van der Waals surface area contributed by atoms with Crippen LogP contribution in [0.15, 0.2) is 10.9 Å². The highest BCUT2D eigenvalue weighted by Gasteiger charge is 2.28. The molecule has 2 atom stereocenters. The zero-order chi connectivity index (χ0) is 15.1. The first kappa shape index (κ1) is 16.2. The van der Waals surface area contributed by atoms with Gasteiger partial charge in [0.15, 0.2) is 0 Å². The number of carbonyl (C=O) groups excluding carboxylic acids is 1. The zero-order valence-corrected chi connectivity index (χ0v) is 13.6. The van der Waals surface area contributed by atoms with E-state index in [1.165, 1.54) is 11.3 Å². The van der Waals surface area contributed by atoms with Crippen LogP contribution in [0.25, 0.3) is 0 Å². The van der Waals surface area contributed by atoms with Crippen LogP contribution in [0.5, 0.6) is 0 Å². The van der Waals surface area contributed by atoms with Crippen molar-refractivity contribution in [3.63, 3.8) is 0 Å². The quantitative estimate of drug-likeness (QED) is 0.849. The molecule has 2 heterocycles. The normalized spacial score (nSPS) is 22.2. The molecule has 0 spiro atoms. The molecule has 0 unspecified atom stereocenters. The van der Waals surface area contributed by atoms with E-state index < -0.39 is 0 Å². The molecule has 21 heavy (non-hydrogen) atoms. The Balaban J connectivity index is 1.75. The molecule has 0 saturated carbocycles. The van der Waals surface area contributed by atoms with Gasteiger partial charge in [-0.15, -0.1) is 11.3 Å². The maximum absolute atomic E-state index is 11.9. The molecule has 0 bridgehead atoms. The van der Waals surface area contributed by atoms with Gasteiger partial charge in [0.2, 0.25) is 0 Å². The van der Waals surface area contributed by atoms with Crippen LogP contribution in [-0.2, 0) is 11.3 Å². The molecule has 6 heteroatoms. The lowest BCUT2D eigenvalue weighted by Gasteiger charge is -2.34. The van der Waals surface area contributed by atoms with Crippen LogP contribution >= 0.6 is 11.3 Å². The Kier molecular flexibility index (Phi) is 6.45. The number of ether oxygens (including phenoxy) is 1. The Labute approximate surface area is 130 Å². The Morgan fingerprint density at radius 2 is 2.33 bits per heavy atom. The van der Waals surface area contributed by atoms with Gasteiger partial charge < -0.3 is 15.4 Å². The lowest BCUT2D eigenvalue weighted by Crippen LogP contribution is -2.47. The van der Waals surface area contributed by atoms with E-state index in [9.17, 15) is 4.79 Å². The summed E-state index contributed by atoms with van der Waals surface area (Å²) < 4.78 is 5.87. The number of urea groups is 1. The van der Waals surface area contributed by atoms with Crippen LogP contribution in [0.1, 0.15) is 45.2 Å². The SMILES string of the molecule is CCC(CC)[C@@H]1C[C@@H](NC(=O)NCc2cscn2)CCO1. The summed E-state index contributed by atoms with van der Waals surface area (Å²) in [5.41, 5.74) is 2.67. The average Bonchev–Trinajstić information content (AvgIpc) is 3.00. The standard InChI is InChI=1S/C15H25N3O2S/c1-3-11(4-2)14-7-12(5-6-20-14)18-15(19)16-8-13-9-21-10-17-13/h9-12,14H,3-8H2,1-2H3,(H2,16,18,19)/t12-,14-/m0/s1. The summed E-state index contributed by atoms with van der Waals surface area (Å²) in [6.07, 6.45) is 4.34. The van der Waals surface area contributed by atoms with Gasteiger partial charge >= 0.3 is 6.03 Å². The number of nitrogens with one attached hydrogen (secondary N) is 2. The molecule has 118 valence electrons. The second-order valence-electron chi connectivity index (χ2n) is 5.51. The third-order valence-corrected chi connectivity index (χ3v) is 4.77. The van der Waals surface area contributed by atoms with Crippen LogP contribution in [0.2, 0.25) is 0 Å². The molecule has 2 rings (SSSR count). The van der Waals surface area contributed by atoms with Crippen molar-refractivity contribution in [2.45, 2.75) is 58.2 Å². The Morgan fingerprint density at radius 3 is 3.00 bits per heavy atom. The first-order chi connectivity index (χ1) is 10.2. The largest absolute Gasteiger partial charge is 0.378 e. The summed E-state index contributed by atoms with van der Waals surface area (Å²) in [6, 6.07) is 0.0954. The number of thiazole rings is 1. The molecule has 1 aliphatic heterocycles. The minimum absolute atomic E-state index is 0.113. The van der Waals surface area contributed by atoms with Gasteiger partial charge in [-0.05, 0) is 18.8 Å². The molecule has 0 aromatic carbocycles. The van der Waals surface area contributed by atoms with Crippen LogP contribution in [0.3, 0.4) is 0 Å². The summed E-state index contributed by atoms with van der Waals surface area (Å²) in [5.74, 6) is 0.590.